The fraction of sp³-hybridized carbons (Fsp3) is 0.400. The van der Waals surface area contributed by atoms with Gasteiger partial charge < -0.3 is 15.2 Å². The highest BCUT2D eigenvalue weighted by atomic mass is 32.2. The molecule has 0 saturated heterocycles. The predicted molar refractivity (Wildman–Crippen MR) is 139 cm³/mol. The molecule has 16 heteroatoms. The van der Waals surface area contributed by atoms with Gasteiger partial charge in [0.05, 0.1) is 6.54 Å². The second-order valence-corrected chi connectivity index (χ2v) is 11.8. The monoisotopic (exact) mass is 592 g/mol. The molecule has 0 unspecified atom stereocenters. The van der Waals surface area contributed by atoms with Crippen LogP contribution < -0.4 is 21.9 Å². The predicted octanol–water partition coefficient (Wildman–Crippen LogP) is 1.48. The molecule has 0 aliphatic heterocycles. The Morgan fingerprint density at radius 2 is 1.51 bits per heavy atom. The van der Waals surface area contributed by atoms with Crippen molar-refractivity contribution in [1.29, 1.82) is 0 Å². The van der Waals surface area contributed by atoms with Crippen molar-refractivity contribution in [1.82, 2.24) is 18.7 Å². The summed E-state index contributed by atoms with van der Waals surface area (Å²) in [7, 11) is -3.93. The van der Waals surface area contributed by atoms with Crippen LogP contribution in [0.5, 0.6) is 0 Å². The number of amides is 2. The van der Waals surface area contributed by atoms with Gasteiger partial charge in [-0.1, -0.05) is 11.8 Å². The molecule has 216 valence electrons. The van der Waals surface area contributed by atoms with Crippen LogP contribution in [-0.2, 0) is 40.1 Å². The van der Waals surface area contributed by atoms with Gasteiger partial charge in [0.1, 0.15) is 0 Å². The van der Waals surface area contributed by atoms with Gasteiger partial charge in [0.25, 0.3) is 5.56 Å². The summed E-state index contributed by atoms with van der Waals surface area (Å²) in [6.07, 6.45) is 3.11. The Labute approximate surface area is 230 Å². The van der Waals surface area contributed by atoms with Crippen LogP contribution in [0.25, 0.3) is 11.2 Å². The van der Waals surface area contributed by atoms with Gasteiger partial charge in [0, 0.05) is 42.9 Å². The third kappa shape index (κ3) is 5.36. The fourth-order valence-electron chi connectivity index (χ4n) is 4.14. The number of halogens is 3. The van der Waals surface area contributed by atoms with E-state index in [0.29, 0.717) is 26.1 Å². The van der Waals surface area contributed by atoms with Gasteiger partial charge in [-0.3, -0.25) is 23.5 Å². The second-order valence-electron chi connectivity index (χ2n) is 9.94. The number of fused-ring (bicyclic) bond motifs is 1. The molecule has 0 spiro atoms. The minimum Gasteiger partial charge on any atom is -0.326 e. The van der Waals surface area contributed by atoms with E-state index in [0.717, 1.165) is 44.3 Å². The SMILES string of the molecule is Cn1c(=O)c2c(nc(S(=O)(=O)C(F)(F)F)n2C)n(CC#Cc2cc(NC(=O)C3CC3)cc(NC(=O)C3CC3)c2)c1=O. The Kier molecular flexibility index (Phi) is 6.80. The van der Waals surface area contributed by atoms with E-state index in [1.165, 1.54) is 0 Å². The van der Waals surface area contributed by atoms with Crippen LogP contribution >= 0.6 is 0 Å². The highest BCUT2D eigenvalue weighted by Gasteiger charge is 2.50. The van der Waals surface area contributed by atoms with E-state index >= 15 is 0 Å². The molecule has 2 aliphatic carbocycles. The summed E-state index contributed by atoms with van der Waals surface area (Å²) in [5, 5.41) is 4.12. The second kappa shape index (κ2) is 9.91. The van der Waals surface area contributed by atoms with Crippen LogP contribution in [0.3, 0.4) is 0 Å². The Balaban J connectivity index is 1.53. The molecule has 0 bridgehead atoms. The number of carbonyl (C=O) groups excluding carboxylic acids is 2. The molecule has 1 aromatic carbocycles. The number of aromatic nitrogens is 4. The Morgan fingerprint density at radius 3 is 2.00 bits per heavy atom. The average molecular weight is 593 g/mol. The number of aryl methyl sites for hydroxylation is 1. The number of anilines is 2. The van der Waals surface area contributed by atoms with Crippen molar-refractivity contribution in [3.05, 3.63) is 44.6 Å². The summed E-state index contributed by atoms with van der Waals surface area (Å²) in [6, 6.07) is 4.69. The summed E-state index contributed by atoms with van der Waals surface area (Å²) in [6.45, 7) is -0.478. The number of nitrogens with zero attached hydrogens (tertiary/aromatic N) is 4. The number of imidazole rings is 1. The van der Waals surface area contributed by atoms with Gasteiger partial charge in [-0.05, 0) is 43.9 Å². The van der Waals surface area contributed by atoms with Crippen LogP contribution in [0, 0.1) is 23.7 Å². The van der Waals surface area contributed by atoms with Crippen molar-refractivity contribution in [2.45, 2.75) is 42.9 Å². The van der Waals surface area contributed by atoms with Gasteiger partial charge in [0.2, 0.25) is 17.0 Å². The van der Waals surface area contributed by atoms with E-state index in [1.807, 2.05) is 0 Å². The molecule has 3 aromatic rings. The van der Waals surface area contributed by atoms with Crippen molar-refractivity contribution in [3.63, 3.8) is 0 Å². The van der Waals surface area contributed by atoms with Crippen molar-refractivity contribution in [3.8, 4) is 11.8 Å². The number of alkyl halides is 3. The zero-order valence-electron chi connectivity index (χ0n) is 21.7. The topological polar surface area (TPSA) is 154 Å². The fourth-order valence-corrected chi connectivity index (χ4v) is 5.01. The number of hydrogen-bond acceptors (Lipinski definition) is 7. The van der Waals surface area contributed by atoms with E-state index in [2.05, 4.69) is 27.5 Å². The third-order valence-corrected chi connectivity index (χ3v) is 8.15. The van der Waals surface area contributed by atoms with Crippen LogP contribution in [0.4, 0.5) is 24.5 Å². The molecule has 2 saturated carbocycles. The molecule has 2 fully saturated rings. The van der Waals surface area contributed by atoms with Crippen LogP contribution in [0.15, 0.2) is 32.9 Å². The first-order chi connectivity index (χ1) is 19.2. The van der Waals surface area contributed by atoms with Crippen molar-refractivity contribution < 1.29 is 31.2 Å². The van der Waals surface area contributed by atoms with Crippen LogP contribution in [0.1, 0.15) is 31.2 Å². The lowest BCUT2D eigenvalue weighted by Gasteiger charge is -2.10. The Bertz CT molecular complexity index is 1860. The normalized spacial score (nSPS) is 15.3. The molecule has 2 aromatic heterocycles. The first-order valence-corrected chi connectivity index (χ1v) is 13.9. The van der Waals surface area contributed by atoms with Crippen molar-refractivity contribution >= 4 is 44.2 Å². The molecule has 0 atom stereocenters. The number of sulfone groups is 1. The summed E-state index contributed by atoms with van der Waals surface area (Å²) in [5.41, 5.74) is -7.73. The zero-order chi connectivity index (χ0) is 29.9. The maximum Gasteiger partial charge on any atom is 0.504 e. The standard InChI is InChI=1S/C25H23F3N6O6S/c1-32-18-19(31-23(32)41(39,40)25(26,27)28)34(24(38)33(2)22(18)37)9-3-4-13-10-16(29-20(35)14-5-6-14)12-17(11-13)30-21(36)15-7-8-15/h10-12,14-15H,5-9H2,1-2H3,(H,29,35)(H,30,36). The summed E-state index contributed by atoms with van der Waals surface area (Å²) >= 11 is 0. The third-order valence-electron chi connectivity index (χ3n) is 6.70. The summed E-state index contributed by atoms with van der Waals surface area (Å²) in [4.78, 5) is 53.6. The van der Waals surface area contributed by atoms with Crippen LogP contribution in [0.2, 0.25) is 0 Å². The molecule has 2 aliphatic rings. The number of nitrogens with one attached hydrogen (secondary N) is 2. The summed E-state index contributed by atoms with van der Waals surface area (Å²) in [5.74, 6) is 4.94. The lowest BCUT2D eigenvalue weighted by atomic mass is 10.1. The molecule has 0 radical (unpaired) electrons. The molecule has 2 amide bonds. The quantitative estimate of drug-likeness (QED) is 0.411. The van der Waals surface area contributed by atoms with E-state index in [9.17, 15) is 40.8 Å². The maximum atomic E-state index is 13.2. The number of rotatable bonds is 6. The smallest absolute Gasteiger partial charge is 0.326 e. The molecular formula is C25H23F3N6O6S. The van der Waals surface area contributed by atoms with Gasteiger partial charge in [0.15, 0.2) is 11.2 Å². The molecule has 41 heavy (non-hydrogen) atoms. The molecule has 5 rings (SSSR count). The largest absolute Gasteiger partial charge is 0.504 e. The maximum absolute atomic E-state index is 13.2. The number of carbonyl (C=O) groups is 2. The average Bonchev–Trinajstić information content (AvgIpc) is 3.80. The van der Waals surface area contributed by atoms with E-state index in [4.69, 9.17) is 0 Å². The minimum atomic E-state index is -5.94. The molecular weight excluding hydrogens is 569 g/mol. The van der Waals surface area contributed by atoms with Gasteiger partial charge >= 0.3 is 21.0 Å². The van der Waals surface area contributed by atoms with E-state index in [-0.39, 0.29) is 23.7 Å². The highest BCUT2D eigenvalue weighted by molar-refractivity contribution is 7.92. The zero-order valence-corrected chi connectivity index (χ0v) is 22.5. The van der Waals surface area contributed by atoms with Gasteiger partial charge in [-0.2, -0.15) is 18.2 Å². The number of benzene rings is 1. The first kappa shape index (κ1) is 28.1. The first-order valence-electron chi connectivity index (χ1n) is 12.4. The minimum absolute atomic E-state index is 0.0855. The lowest BCUT2D eigenvalue weighted by molar-refractivity contribution is -0.118. The van der Waals surface area contributed by atoms with Crippen molar-refractivity contribution in [2.75, 3.05) is 10.6 Å². The number of hydrogen-bond donors (Lipinski definition) is 2. The molecule has 2 heterocycles. The Hall–Kier alpha value is -4.39. The van der Waals surface area contributed by atoms with Gasteiger partial charge in [-0.25, -0.2) is 13.2 Å². The lowest BCUT2D eigenvalue weighted by Crippen LogP contribution is -2.38. The Morgan fingerprint density at radius 1 is 0.976 bits per heavy atom. The summed E-state index contributed by atoms with van der Waals surface area (Å²) < 4.78 is 65.7. The molecule has 2 N–H and O–H groups in total. The van der Waals surface area contributed by atoms with Gasteiger partial charge in [-0.15, -0.1) is 0 Å². The van der Waals surface area contributed by atoms with Crippen molar-refractivity contribution in [2.24, 2.45) is 25.9 Å². The van der Waals surface area contributed by atoms with E-state index in [1.54, 1.807) is 18.2 Å². The van der Waals surface area contributed by atoms with E-state index < -0.39 is 49.5 Å². The highest BCUT2D eigenvalue weighted by Crippen LogP contribution is 2.33. The van der Waals surface area contributed by atoms with Crippen LogP contribution in [-0.4, -0.2) is 44.4 Å². The molecule has 12 nitrogen and oxygen atoms in total.